The number of cyclic esters (lactones) is 1. The average molecular weight is 534 g/mol. The van der Waals surface area contributed by atoms with Crippen LogP contribution >= 0.6 is 0 Å². The zero-order valence-corrected chi connectivity index (χ0v) is 23.5. The number of nitrogens with zero attached hydrogens (tertiary/aromatic N) is 5. The summed E-state index contributed by atoms with van der Waals surface area (Å²) in [5.74, 6) is 0.440. The molecule has 2 aliphatic rings. The molecule has 2 fully saturated rings. The van der Waals surface area contributed by atoms with E-state index in [9.17, 15) is 9.59 Å². The first kappa shape index (κ1) is 27.2. The number of hydrogen-bond acceptors (Lipinski definition) is 8. The van der Waals surface area contributed by atoms with Gasteiger partial charge in [0.05, 0.1) is 12.8 Å². The van der Waals surface area contributed by atoms with Gasteiger partial charge in [0.25, 0.3) is 5.78 Å². The molecule has 0 N–H and O–H groups in total. The Morgan fingerprint density at radius 3 is 2.64 bits per heavy atom. The van der Waals surface area contributed by atoms with Gasteiger partial charge in [-0.15, -0.1) is 5.10 Å². The molecule has 1 aliphatic carbocycles. The molecule has 0 aromatic carbocycles. The Bertz CT molecular complexity index is 1340. The number of fused-ring (bicyclic) bond motifs is 1. The highest BCUT2D eigenvalue weighted by Crippen LogP contribution is 2.45. The maximum absolute atomic E-state index is 13.6. The number of rotatable bonds is 10. The van der Waals surface area contributed by atoms with E-state index in [1.807, 2.05) is 19.9 Å². The van der Waals surface area contributed by atoms with E-state index in [1.54, 1.807) is 10.7 Å². The fraction of sp³-hybridized carbons (Fsp3) is 0.600. The number of carbonyl (C=O) groups excluding carboxylic acids is 2. The summed E-state index contributed by atoms with van der Waals surface area (Å²) in [6, 6.07) is 4.02. The van der Waals surface area contributed by atoms with Crippen molar-refractivity contribution in [2.45, 2.75) is 97.5 Å². The van der Waals surface area contributed by atoms with Crippen molar-refractivity contribution in [2.24, 2.45) is 11.8 Å². The van der Waals surface area contributed by atoms with Crippen LogP contribution < -0.4 is 4.74 Å². The fourth-order valence-electron chi connectivity index (χ4n) is 6.17. The van der Waals surface area contributed by atoms with Gasteiger partial charge in [-0.1, -0.05) is 26.7 Å². The number of ketones is 1. The molecule has 208 valence electrons. The molecule has 9 heteroatoms. The Labute approximate surface area is 229 Å². The third-order valence-corrected chi connectivity index (χ3v) is 8.24. The van der Waals surface area contributed by atoms with E-state index >= 15 is 0 Å². The fourth-order valence-corrected chi connectivity index (χ4v) is 6.17. The number of aryl methyl sites for hydroxylation is 4. The summed E-state index contributed by atoms with van der Waals surface area (Å²) in [5.41, 5.74) is 3.02. The largest absolute Gasteiger partial charge is 0.492 e. The topological polar surface area (TPSA) is 109 Å². The lowest BCUT2D eigenvalue weighted by Crippen LogP contribution is -2.52. The van der Waals surface area contributed by atoms with Crippen LogP contribution in [0.25, 0.3) is 5.78 Å². The van der Waals surface area contributed by atoms with Crippen LogP contribution in [0.15, 0.2) is 18.3 Å². The van der Waals surface area contributed by atoms with Crippen LogP contribution in [0.5, 0.6) is 5.75 Å². The van der Waals surface area contributed by atoms with Gasteiger partial charge in [-0.05, 0) is 76.0 Å². The first-order valence-electron chi connectivity index (χ1n) is 14.4. The van der Waals surface area contributed by atoms with Crippen molar-refractivity contribution in [3.63, 3.8) is 0 Å². The highest BCUT2D eigenvalue weighted by atomic mass is 16.6. The lowest BCUT2D eigenvalue weighted by atomic mass is 9.73. The highest BCUT2D eigenvalue weighted by molar-refractivity contribution is 6.01. The van der Waals surface area contributed by atoms with Gasteiger partial charge < -0.3 is 9.47 Å². The minimum Gasteiger partial charge on any atom is -0.492 e. The number of esters is 1. The zero-order chi connectivity index (χ0) is 27.6. The van der Waals surface area contributed by atoms with Crippen LogP contribution in [0.2, 0.25) is 0 Å². The molecule has 3 aromatic rings. The van der Waals surface area contributed by atoms with E-state index in [2.05, 4.69) is 40.0 Å². The molecule has 0 amide bonds. The zero-order valence-electron chi connectivity index (χ0n) is 23.5. The van der Waals surface area contributed by atoms with Crippen molar-refractivity contribution in [3.8, 4) is 5.75 Å². The summed E-state index contributed by atoms with van der Waals surface area (Å²) in [6.45, 7) is 8.61. The summed E-state index contributed by atoms with van der Waals surface area (Å²) >= 11 is 0. The van der Waals surface area contributed by atoms with Gasteiger partial charge in [-0.25, -0.2) is 9.50 Å². The van der Waals surface area contributed by atoms with E-state index in [0.29, 0.717) is 31.1 Å². The predicted molar refractivity (Wildman–Crippen MR) is 146 cm³/mol. The predicted octanol–water partition coefficient (Wildman–Crippen LogP) is 4.72. The van der Waals surface area contributed by atoms with Gasteiger partial charge in [0.1, 0.15) is 17.3 Å². The van der Waals surface area contributed by atoms with Crippen LogP contribution in [-0.2, 0) is 33.6 Å². The third-order valence-electron chi connectivity index (χ3n) is 8.24. The second-order valence-electron chi connectivity index (χ2n) is 11.1. The Kier molecular flexibility index (Phi) is 7.96. The second-order valence-corrected chi connectivity index (χ2v) is 11.1. The average Bonchev–Trinajstić information content (AvgIpc) is 3.59. The maximum atomic E-state index is 13.6. The molecule has 0 spiro atoms. The van der Waals surface area contributed by atoms with Crippen LogP contribution in [0.4, 0.5) is 0 Å². The van der Waals surface area contributed by atoms with Crippen molar-refractivity contribution >= 4 is 17.5 Å². The molecule has 3 aromatic heterocycles. The summed E-state index contributed by atoms with van der Waals surface area (Å²) in [7, 11) is 0. The quantitative estimate of drug-likeness (QED) is 0.272. The number of ether oxygens (including phenoxy) is 2. The molecule has 0 radical (unpaired) electrons. The molecule has 1 saturated heterocycles. The van der Waals surface area contributed by atoms with Gasteiger partial charge in [-0.3, -0.25) is 14.6 Å². The lowest BCUT2D eigenvalue weighted by Gasteiger charge is -2.43. The molecule has 9 nitrogen and oxygen atoms in total. The molecule has 0 bridgehead atoms. The first-order valence-corrected chi connectivity index (χ1v) is 14.4. The molecule has 1 aliphatic heterocycles. The number of pyridine rings is 1. The van der Waals surface area contributed by atoms with Gasteiger partial charge >= 0.3 is 5.97 Å². The van der Waals surface area contributed by atoms with Crippen molar-refractivity contribution in [3.05, 3.63) is 46.8 Å². The standard InChI is InChI=1S/C30H39N5O4/c1-5-13-38-26-18-31-23(6-2)15-21(26)11-12-30(22-9-7-8-10-22)17-25(36)24(28(37)39-30)16-27-33-29-32-19(3)14-20(4)35(29)34-27/h14-15,18,22,24H,5-13,16-17H2,1-4H3. The monoisotopic (exact) mass is 533 g/mol. The number of hydrogen-bond donors (Lipinski definition) is 0. The van der Waals surface area contributed by atoms with Crippen molar-refractivity contribution in [1.29, 1.82) is 0 Å². The maximum Gasteiger partial charge on any atom is 0.317 e. The van der Waals surface area contributed by atoms with Gasteiger partial charge in [0.15, 0.2) is 11.6 Å². The van der Waals surface area contributed by atoms with Crippen LogP contribution in [0.1, 0.15) is 87.3 Å². The molecule has 2 atom stereocenters. The van der Waals surface area contributed by atoms with Crippen molar-refractivity contribution < 1.29 is 19.1 Å². The normalized spacial score (nSPS) is 22.0. The molecular formula is C30H39N5O4. The molecule has 1 saturated carbocycles. The number of carbonyl (C=O) groups is 2. The minimum absolute atomic E-state index is 0.0794. The van der Waals surface area contributed by atoms with E-state index in [4.69, 9.17) is 9.47 Å². The van der Waals surface area contributed by atoms with E-state index < -0.39 is 17.5 Å². The Morgan fingerprint density at radius 2 is 1.92 bits per heavy atom. The summed E-state index contributed by atoms with van der Waals surface area (Å²) in [6.07, 6.45) is 9.28. The van der Waals surface area contributed by atoms with E-state index in [-0.39, 0.29) is 24.5 Å². The first-order chi connectivity index (χ1) is 18.8. The highest BCUT2D eigenvalue weighted by Gasteiger charge is 2.51. The SMILES string of the molecule is CCCOc1cnc(CC)cc1CCC1(C2CCCC2)CC(=O)C(Cc2nc3nc(C)cc(C)n3n2)C(=O)O1. The van der Waals surface area contributed by atoms with Crippen LogP contribution in [-0.4, -0.2) is 48.5 Å². The Balaban J connectivity index is 1.37. The number of aromatic nitrogens is 5. The summed E-state index contributed by atoms with van der Waals surface area (Å²) in [5, 5.41) is 4.52. The van der Waals surface area contributed by atoms with Gasteiger partial charge in [0, 0.05) is 29.9 Å². The lowest BCUT2D eigenvalue weighted by molar-refractivity contribution is -0.185. The van der Waals surface area contributed by atoms with Crippen molar-refractivity contribution in [1.82, 2.24) is 24.6 Å². The number of Topliss-reactive ketones (excluding diaryl/α,β-unsaturated/α-hetero) is 1. The molecule has 2 unspecified atom stereocenters. The summed E-state index contributed by atoms with van der Waals surface area (Å²) < 4.78 is 14.0. The second kappa shape index (κ2) is 11.4. The van der Waals surface area contributed by atoms with Crippen LogP contribution in [0.3, 0.4) is 0 Å². The van der Waals surface area contributed by atoms with Crippen LogP contribution in [0, 0.1) is 25.7 Å². The van der Waals surface area contributed by atoms with Crippen molar-refractivity contribution in [2.75, 3.05) is 6.61 Å². The minimum atomic E-state index is -0.894. The van der Waals surface area contributed by atoms with E-state index in [1.165, 1.54) is 0 Å². The Morgan fingerprint density at radius 1 is 1.13 bits per heavy atom. The van der Waals surface area contributed by atoms with Gasteiger partial charge in [-0.2, -0.15) is 4.98 Å². The molecule has 4 heterocycles. The smallest absolute Gasteiger partial charge is 0.317 e. The summed E-state index contributed by atoms with van der Waals surface area (Å²) in [4.78, 5) is 40.6. The molecule has 5 rings (SSSR count). The third kappa shape index (κ3) is 5.68. The molecular weight excluding hydrogens is 494 g/mol. The Hall–Kier alpha value is -3.36. The molecule has 39 heavy (non-hydrogen) atoms. The van der Waals surface area contributed by atoms with E-state index in [0.717, 1.165) is 66.9 Å². The van der Waals surface area contributed by atoms with Gasteiger partial charge in [0.2, 0.25) is 0 Å².